The van der Waals surface area contributed by atoms with E-state index < -0.39 is 12.0 Å². The molecule has 0 fully saturated rings. The van der Waals surface area contributed by atoms with Crippen molar-refractivity contribution in [2.45, 2.75) is 31.7 Å². The number of ketones is 1. The SMILES string of the molecule is N[C@H](CS/C=C/C(=O)c1ccc(C(=O)NCCCCCC(=O)Nc2cc3cccnc3c3ncccc23)cc1)C(=O)O. The van der Waals surface area contributed by atoms with E-state index in [1.165, 1.54) is 11.5 Å². The van der Waals surface area contributed by atoms with Crippen LogP contribution in [-0.2, 0) is 9.59 Å². The van der Waals surface area contributed by atoms with Crippen molar-refractivity contribution in [2.75, 3.05) is 17.6 Å². The van der Waals surface area contributed by atoms with E-state index in [9.17, 15) is 19.2 Å². The van der Waals surface area contributed by atoms with E-state index in [1.54, 1.807) is 36.7 Å². The molecule has 0 aliphatic carbocycles. The number of amides is 2. The lowest BCUT2D eigenvalue weighted by molar-refractivity contribution is -0.137. The van der Waals surface area contributed by atoms with Crippen LogP contribution >= 0.6 is 11.8 Å². The van der Waals surface area contributed by atoms with Crippen LogP contribution in [-0.4, -0.2) is 57.0 Å². The van der Waals surface area contributed by atoms with Gasteiger partial charge in [0.25, 0.3) is 5.91 Å². The number of carbonyl (C=O) groups is 4. The Morgan fingerprint density at radius 3 is 2.40 bits per heavy atom. The first kappa shape index (κ1) is 30.4. The van der Waals surface area contributed by atoms with Gasteiger partial charge in [0.1, 0.15) is 6.04 Å². The number of aliphatic carboxylic acids is 1. The second-order valence-electron chi connectivity index (χ2n) is 9.54. The molecule has 1 atom stereocenters. The van der Waals surface area contributed by atoms with Crippen molar-refractivity contribution < 1.29 is 24.3 Å². The predicted octanol–water partition coefficient (Wildman–Crippen LogP) is 4.55. The minimum Gasteiger partial charge on any atom is -0.480 e. The maximum Gasteiger partial charge on any atom is 0.321 e. The minimum absolute atomic E-state index is 0.0839. The number of thioether (sulfide) groups is 1. The molecule has 0 radical (unpaired) electrons. The molecule has 2 amide bonds. The van der Waals surface area contributed by atoms with Gasteiger partial charge in [0.2, 0.25) is 5.91 Å². The molecule has 10 nitrogen and oxygen atoms in total. The number of fused-ring (bicyclic) bond motifs is 3. The van der Waals surface area contributed by atoms with Gasteiger partial charge in [0.15, 0.2) is 5.78 Å². The molecule has 2 aromatic carbocycles. The molecule has 0 unspecified atom stereocenters. The average Bonchev–Trinajstić information content (AvgIpc) is 3.00. The van der Waals surface area contributed by atoms with Crippen LogP contribution in [0, 0.1) is 0 Å². The molecule has 0 saturated heterocycles. The lowest BCUT2D eigenvalue weighted by Crippen LogP contribution is -2.32. The van der Waals surface area contributed by atoms with E-state index in [-0.39, 0.29) is 23.4 Å². The zero-order valence-corrected chi connectivity index (χ0v) is 23.6. The lowest BCUT2D eigenvalue weighted by Gasteiger charge is -2.11. The standard InChI is InChI=1S/C31H31N5O5S/c32-24(31(40)41)19-42-17-13-26(37)20-9-11-21(12-10-20)30(39)35-14-3-1-2-8-27(38)36-25-18-22-6-4-15-33-28(22)29-23(25)7-5-16-34-29/h4-7,9-13,15-18,24H,1-3,8,14,19,32H2,(H,35,39)(H,36,38)(H,40,41)/b17-13+/t24-/m1/s1. The molecule has 0 saturated carbocycles. The Bertz CT molecular complexity index is 1620. The summed E-state index contributed by atoms with van der Waals surface area (Å²) in [5.41, 5.74) is 8.51. The number of pyridine rings is 2. The van der Waals surface area contributed by atoms with Crippen LogP contribution < -0.4 is 16.4 Å². The third kappa shape index (κ3) is 8.21. The van der Waals surface area contributed by atoms with Crippen LogP contribution in [0.5, 0.6) is 0 Å². The molecule has 2 heterocycles. The highest BCUT2D eigenvalue weighted by molar-refractivity contribution is 8.02. The van der Waals surface area contributed by atoms with Crippen molar-refractivity contribution in [2.24, 2.45) is 5.73 Å². The third-order valence-electron chi connectivity index (χ3n) is 6.44. The number of carboxylic acid groups (broad SMARTS) is 1. The Morgan fingerprint density at radius 1 is 0.929 bits per heavy atom. The smallest absolute Gasteiger partial charge is 0.321 e. The molecule has 42 heavy (non-hydrogen) atoms. The summed E-state index contributed by atoms with van der Waals surface area (Å²) in [5, 5.41) is 17.9. The fraction of sp³-hybridized carbons (Fsp3) is 0.226. The Morgan fingerprint density at radius 2 is 1.64 bits per heavy atom. The second-order valence-corrected chi connectivity index (χ2v) is 10.5. The number of hydrogen-bond donors (Lipinski definition) is 4. The van der Waals surface area contributed by atoms with Crippen LogP contribution in [0.1, 0.15) is 46.4 Å². The Balaban J connectivity index is 1.16. The van der Waals surface area contributed by atoms with E-state index >= 15 is 0 Å². The number of nitrogens with one attached hydrogen (secondary N) is 2. The molecule has 0 bridgehead atoms. The summed E-state index contributed by atoms with van der Waals surface area (Å²) in [6, 6.07) is 14.8. The number of benzene rings is 2. The number of nitrogens with two attached hydrogens (primary N) is 1. The van der Waals surface area contributed by atoms with E-state index in [2.05, 4.69) is 20.6 Å². The molecule has 4 aromatic rings. The quantitative estimate of drug-likeness (QED) is 0.0719. The summed E-state index contributed by atoms with van der Waals surface area (Å²) in [6.07, 6.45) is 7.30. The summed E-state index contributed by atoms with van der Waals surface area (Å²) in [4.78, 5) is 57.0. The Labute approximate surface area is 246 Å². The van der Waals surface area contributed by atoms with Gasteiger partial charge in [-0.3, -0.25) is 29.1 Å². The van der Waals surface area contributed by atoms with Crippen LogP contribution in [0.4, 0.5) is 5.69 Å². The van der Waals surface area contributed by atoms with Gasteiger partial charge in [-0.05, 0) is 60.7 Å². The van der Waals surface area contributed by atoms with Crippen molar-refractivity contribution in [3.63, 3.8) is 0 Å². The maximum atomic E-state index is 12.6. The number of anilines is 1. The summed E-state index contributed by atoms with van der Waals surface area (Å²) < 4.78 is 0. The summed E-state index contributed by atoms with van der Waals surface area (Å²) >= 11 is 1.14. The highest BCUT2D eigenvalue weighted by Gasteiger charge is 2.12. The minimum atomic E-state index is -1.10. The number of nitrogens with zero attached hydrogens (tertiary/aromatic N) is 2. The highest BCUT2D eigenvalue weighted by Crippen LogP contribution is 2.29. The van der Waals surface area contributed by atoms with Gasteiger partial charge < -0.3 is 21.5 Å². The molecule has 5 N–H and O–H groups in total. The first-order valence-corrected chi connectivity index (χ1v) is 14.5. The summed E-state index contributed by atoms with van der Waals surface area (Å²) in [5.74, 6) is -1.53. The maximum absolute atomic E-state index is 12.6. The highest BCUT2D eigenvalue weighted by atomic mass is 32.2. The number of allylic oxidation sites excluding steroid dienone is 1. The number of carboxylic acids is 1. The van der Waals surface area contributed by atoms with E-state index in [0.717, 1.165) is 46.4 Å². The molecule has 216 valence electrons. The monoisotopic (exact) mass is 585 g/mol. The number of aromatic nitrogens is 2. The fourth-order valence-corrected chi connectivity index (χ4v) is 4.89. The first-order valence-electron chi connectivity index (χ1n) is 13.4. The van der Waals surface area contributed by atoms with Crippen LogP contribution in [0.15, 0.2) is 78.5 Å². The van der Waals surface area contributed by atoms with Gasteiger partial charge in [0, 0.05) is 53.0 Å². The molecule has 0 aliphatic rings. The first-order chi connectivity index (χ1) is 20.3. The van der Waals surface area contributed by atoms with Crippen molar-refractivity contribution >= 4 is 62.8 Å². The predicted molar refractivity (Wildman–Crippen MR) is 164 cm³/mol. The van der Waals surface area contributed by atoms with E-state index in [1.807, 2.05) is 30.3 Å². The topological polar surface area (TPSA) is 164 Å². The largest absolute Gasteiger partial charge is 0.480 e. The summed E-state index contributed by atoms with van der Waals surface area (Å²) in [6.45, 7) is 0.466. The number of rotatable bonds is 14. The van der Waals surface area contributed by atoms with Crippen molar-refractivity contribution in [3.8, 4) is 0 Å². The zero-order chi connectivity index (χ0) is 29.9. The van der Waals surface area contributed by atoms with Gasteiger partial charge in [-0.1, -0.05) is 24.6 Å². The van der Waals surface area contributed by atoms with Crippen LogP contribution in [0.25, 0.3) is 21.8 Å². The van der Waals surface area contributed by atoms with Gasteiger partial charge >= 0.3 is 5.97 Å². The molecule has 2 aromatic heterocycles. The Kier molecular flexibility index (Phi) is 10.7. The molecular formula is C31H31N5O5S. The number of hydrogen-bond acceptors (Lipinski definition) is 8. The van der Waals surface area contributed by atoms with Crippen molar-refractivity contribution in [1.82, 2.24) is 15.3 Å². The van der Waals surface area contributed by atoms with Crippen molar-refractivity contribution in [3.05, 3.63) is 89.6 Å². The van der Waals surface area contributed by atoms with E-state index in [4.69, 9.17) is 10.8 Å². The molecule has 11 heteroatoms. The van der Waals surface area contributed by atoms with Gasteiger partial charge in [-0.25, -0.2) is 0 Å². The number of carbonyl (C=O) groups excluding carboxylic acids is 3. The average molecular weight is 586 g/mol. The summed E-state index contributed by atoms with van der Waals surface area (Å²) in [7, 11) is 0. The molecule has 0 aliphatic heterocycles. The Hall–Kier alpha value is -4.61. The molecule has 0 spiro atoms. The van der Waals surface area contributed by atoms with Crippen LogP contribution in [0.3, 0.4) is 0 Å². The van der Waals surface area contributed by atoms with Gasteiger partial charge in [0.05, 0.1) is 16.7 Å². The molecule has 4 rings (SSSR count). The van der Waals surface area contributed by atoms with Crippen molar-refractivity contribution in [1.29, 1.82) is 0 Å². The molecular weight excluding hydrogens is 554 g/mol. The lowest BCUT2D eigenvalue weighted by atomic mass is 10.1. The number of unbranched alkanes of at least 4 members (excludes halogenated alkanes) is 2. The zero-order valence-electron chi connectivity index (χ0n) is 22.8. The second kappa shape index (κ2) is 14.9. The van der Waals surface area contributed by atoms with Gasteiger partial charge in [-0.15, -0.1) is 11.8 Å². The van der Waals surface area contributed by atoms with Crippen LogP contribution in [0.2, 0.25) is 0 Å². The van der Waals surface area contributed by atoms with Gasteiger partial charge in [-0.2, -0.15) is 0 Å². The third-order valence-corrected chi connectivity index (χ3v) is 7.32. The van der Waals surface area contributed by atoms with E-state index in [0.29, 0.717) is 36.2 Å². The fourth-order valence-electron chi connectivity index (χ4n) is 4.21. The normalized spacial score (nSPS) is 11.9.